The molecule has 25 heavy (non-hydrogen) atoms. The topological polar surface area (TPSA) is 51.2 Å². The van der Waals surface area contributed by atoms with Crippen molar-refractivity contribution in [3.05, 3.63) is 70.9 Å². The maximum Gasteiger partial charge on any atom is 0.270 e. The van der Waals surface area contributed by atoms with Gasteiger partial charge in [-0.15, -0.1) is 0 Å². The first-order chi connectivity index (χ1) is 12.0. The molecule has 0 saturated heterocycles. The van der Waals surface area contributed by atoms with Gasteiger partial charge in [0.05, 0.1) is 7.11 Å². The van der Waals surface area contributed by atoms with Gasteiger partial charge >= 0.3 is 0 Å². The Morgan fingerprint density at radius 3 is 2.56 bits per heavy atom. The molecule has 1 amide bonds. The maximum atomic E-state index is 14.0. The van der Waals surface area contributed by atoms with Crippen molar-refractivity contribution in [3.63, 3.8) is 0 Å². The van der Waals surface area contributed by atoms with E-state index in [0.717, 1.165) is 23.3 Å². The molecule has 0 aliphatic heterocycles. The van der Waals surface area contributed by atoms with E-state index in [1.54, 1.807) is 0 Å². The van der Waals surface area contributed by atoms with E-state index in [1.807, 2.05) is 31.2 Å². The van der Waals surface area contributed by atoms with Gasteiger partial charge in [-0.25, -0.2) is 13.8 Å². The summed E-state index contributed by atoms with van der Waals surface area (Å²) >= 11 is 0. The van der Waals surface area contributed by atoms with E-state index in [9.17, 15) is 13.6 Å². The number of carbonyl (C=O) groups is 1. The Bertz CT molecular complexity index is 940. The lowest BCUT2D eigenvalue weighted by molar-refractivity contribution is 0.0946. The number of amides is 1. The molecule has 0 saturated carbocycles. The van der Waals surface area contributed by atoms with E-state index < -0.39 is 17.5 Å². The number of nitrogens with one attached hydrogen (secondary N) is 1. The fourth-order valence-corrected chi connectivity index (χ4v) is 2.49. The summed E-state index contributed by atoms with van der Waals surface area (Å²) in [5, 5.41) is 2.90. The first-order valence-electron chi connectivity index (χ1n) is 7.65. The summed E-state index contributed by atoms with van der Waals surface area (Å²) in [5.74, 6) is -1.86. The summed E-state index contributed by atoms with van der Waals surface area (Å²) in [6.45, 7) is 2.29. The molecule has 1 N–H and O–H groups in total. The molecule has 1 aromatic heterocycles. The zero-order valence-corrected chi connectivity index (χ0v) is 13.8. The molecule has 1 heterocycles. The van der Waals surface area contributed by atoms with Gasteiger partial charge in [0.15, 0.2) is 5.82 Å². The van der Waals surface area contributed by atoms with Gasteiger partial charge in [0, 0.05) is 24.1 Å². The number of hydrogen-bond acceptors (Lipinski definition) is 3. The molecule has 0 unspecified atom stereocenters. The van der Waals surface area contributed by atoms with Crippen LogP contribution < -0.4 is 10.1 Å². The molecule has 3 rings (SSSR count). The lowest BCUT2D eigenvalue weighted by Crippen LogP contribution is -2.24. The molecule has 3 aromatic rings. The maximum absolute atomic E-state index is 14.0. The Kier molecular flexibility index (Phi) is 4.61. The first kappa shape index (κ1) is 16.8. The van der Waals surface area contributed by atoms with Crippen LogP contribution >= 0.6 is 0 Å². The van der Waals surface area contributed by atoms with E-state index >= 15 is 0 Å². The highest BCUT2D eigenvalue weighted by atomic mass is 19.1. The Balaban J connectivity index is 1.89. The molecule has 0 aliphatic rings. The minimum Gasteiger partial charge on any atom is -0.496 e. The number of benzene rings is 2. The predicted molar refractivity (Wildman–Crippen MR) is 90.6 cm³/mol. The molecule has 6 heteroatoms. The summed E-state index contributed by atoms with van der Waals surface area (Å²) in [6.07, 6.45) is 0. The minimum absolute atomic E-state index is 0.00182. The lowest BCUT2D eigenvalue weighted by Gasteiger charge is -2.10. The summed E-state index contributed by atoms with van der Waals surface area (Å²) in [5.41, 5.74) is 1.95. The second-order valence-corrected chi connectivity index (χ2v) is 5.66. The van der Waals surface area contributed by atoms with Gasteiger partial charge in [-0.3, -0.25) is 4.79 Å². The predicted octanol–water partition coefficient (Wildman–Crippen LogP) is 3.76. The quantitative estimate of drug-likeness (QED) is 0.785. The number of carbonyl (C=O) groups excluding carboxylic acids is 1. The Hall–Kier alpha value is -3.02. The number of nitrogens with zero attached hydrogens (tertiary/aromatic N) is 1. The van der Waals surface area contributed by atoms with E-state index in [1.165, 1.54) is 13.2 Å². The van der Waals surface area contributed by atoms with E-state index in [-0.39, 0.29) is 22.3 Å². The first-order valence-corrected chi connectivity index (χ1v) is 7.65. The van der Waals surface area contributed by atoms with Gasteiger partial charge in [-0.2, -0.15) is 0 Å². The number of rotatable bonds is 4. The van der Waals surface area contributed by atoms with E-state index in [2.05, 4.69) is 10.3 Å². The van der Waals surface area contributed by atoms with Crippen molar-refractivity contribution >= 4 is 16.8 Å². The fraction of sp³-hybridized carbons (Fsp3) is 0.158. The number of halogens is 2. The molecule has 0 bridgehead atoms. The molecule has 4 nitrogen and oxygen atoms in total. The highest BCUT2D eigenvalue weighted by molar-refractivity contribution is 5.97. The van der Waals surface area contributed by atoms with Crippen LogP contribution in [0.5, 0.6) is 5.75 Å². The second kappa shape index (κ2) is 6.84. The fourth-order valence-electron chi connectivity index (χ4n) is 2.49. The van der Waals surface area contributed by atoms with Crippen LogP contribution in [0.2, 0.25) is 0 Å². The molecular formula is C19H16F2N2O2. The average molecular weight is 342 g/mol. The standard InChI is InChI=1S/C19H16F2N2O2/c1-11-3-5-12(6-4-11)10-22-19(24)16-9-17(25-2)14-7-13(20)8-15(21)18(14)23-16/h3-9H,10H2,1-2H3,(H,22,24). The average Bonchev–Trinajstić information content (AvgIpc) is 2.60. The van der Waals surface area contributed by atoms with Gasteiger partial charge in [0.1, 0.15) is 22.8 Å². The van der Waals surface area contributed by atoms with Crippen molar-refractivity contribution in [2.75, 3.05) is 7.11 Å². The van der Waals surface area contributed by atoms with Gasteiger partial charge in [0.2, 0.25) is 0 Å². The number of aryl methyl sites for hydroxylation is 1. The lowest BCUT2D eigenvalue weighted by atomic mass is 10.1. The van der Waals surface area contributed by atoms with Crippen molar-refractivity contribution in [3.8, 4) is 5.75 Å². The summed E-state index contributed by atoms with van der Waals surface area (Å²) in [6, 6.07) is 10.9. The molecule has 0 atom stereocenters. The van der Waals surface area contributed by atoms with Crippen molar-refractivity contribution in [2.24, 2.45) is 0 Å². The molecular weight excluding hydrogens is 326 g/mol. The number of methoxy groups -OCH3 is 1. The number of ether oxygens (including phenoxy) is 1. The van der Waals surface area contributed by atoms with Crippen LogP contribution in [0.25, 0.3) is 10.9 Å². The van der Waals surface area contributed by atoms with Gasteiger partial charge in [-0.05, 0) is 18.6 Å². The van der Waals surface area contributed by atoms with Crippen LogP contribution in [0, 0.1) is 18.6 Å². The van der Waals surface area contributed by atoms with Crippen molar-refractivity contribution in [1.29, 1.82) is 0 Å². The number of fused-ring (bicyclic) bond motifs is 1. The van der Waals surface area contributed by atoms with Crippen LogP contribution in [-0.2, 0) is 6.54 Å². The van der Waals surface area contributed by atoms with Gasteiger partial charge < -0.3 is 10.1 Å². The summed E-state index contributed by atoms with van der Waals surface area (Å²) < 4.78 is 32.6. The highest BCUT2D eigenvalue weighted by Gasteiger charge is 2.16. The van der Waals surface area contributed by atoms with E-state index in [0.29, 0.717) is 6.54 Å². The third-order valence-electron chi connectivity index (χ3n) is 3.82. The Labute approximate surface area is 143 Å². The van der Waals surface area contributed by atoms with Gasteiger partial charge in [0.25, 0.3) is 5.91 Å². The second-order valence-electron chi connectivity index (χ2n) is 5.66. The van der Waals surface area contributed by atoms with Crippen molar-refractivity contribution in [2.45, 2.75) is 13.5 Å². The van der Waals surface area contributed by atoms with Crippen molar-refractivity contribution < 1.29 is 18.3 Å². The SMILES string of the molecule is COc1cc(C(=O)NCc2ccc(C)cc2)nc2c(F)cc(F)cc12. The summed E-state index contributed by atoms with van der Waals surface area (Å²) in [7, 11) is 1.37. The number of hydrogen-bond donors (Lipinski definition) is 1. The molecule has 0 aliphatic carbocycles. The number of aromatic nitrogens is 1. The van der Waals surface area contributed by atoms with Crippen LogP contribution in [0.1, 0.15) is 21.6 Å². The third kappa shape index (κ3) is 3.57. The van der Waals surface area contributed by atoms with Gasteiger partial charge in [-0.1, -0.05) is 29.8 Å². The Morgan fingerprint density at radius 1 is 1.16 bits per heavy atom. The normalized spacial score (nSPS) is 10.7. The van der Waals surface area contributed by atoms with Crippen LogP contribution in [0.3, 0.4) is 0 Å². The number of pyridine rings is 1. The molecule has 0 spiro atoms. The van der Waals surface area contributed by atoms with E-state index in [4.69, 9.17) is 4.74 Å². The smallest absolute Gasteiger partial charge is 0.270 e. The largest absolute Gasteiger partial charge is 0.496 e. The monoisotopic (exact) mass is 342 g/mol. The highest BCUT2D eigenvalue weighted by Crippen LogP contribution is 2.28. The van der Waals surface area contributed by atoms with Crippen LogP contribution in [0.4, 0.5) is 8.78 Å². The van der Waals surface area contributed by atoms with Crippen LogP contribution in [0.15, 0.2) is 42.5 Å². The molecule has 128 valence electrons. The summed E-state index contributed by atoms with van der Waals surface area (Å²) in [4.78, 5) is 16.4. The zero-order chi connectivity index (χ0) is 18.0. The Morgan fingerprint density at radius 2 is 1.88 bits per heavy atom. The third-order valence-corrected chi connectivity index (χ3v) is 3.82. The van der Waals surface area contributed by atoms with Crippen molar-refractivity contribution in [1.82, 2.24) is 10.3 Å². The molecule has 0 radical (unpaired) electrons. The molecule has 2 aromatic carbocycles. The molecule has 0 fully saturated rings. The van der Waals surface area contributed by atoms with Crippen LogP contribution in [-0.4, -0.2) is 18.0 Å². The zero-order valence-electron chi connectivity index (χ0n) is 13.8. The minimum atomic E-state index is -0.846.